The number of aromatic hydroxyl groups is 1. The predicted octanol–water partition coefficient (Wildman–Crippen LogP) is 3.71. The summed E-state index contributed by atoms with van der Waals surface area (Å²) in [6.45, 7) is 0.0793. The average Bonchev–Trinajstić information content (AvgIpc) is 3.34. The number of fused-ring (bicyclic) bond motifs is 1. The lowest BCUT2D eigenvalue weighted by molar-refractivity contribution is -0.385. The van der Waals surface area contributed by atoms with Crippen LogP contribution in [0.5, 0.6) is 17.2 Å². The number of phenolic OH excluding ortho intramolecular Hbond substituents is 1. The Hall–Kier alpha value is -4.71. The van der Waals surface area contributed by atoms with Crippen molar-refractivity contribution in [2.45, 2.75) is 0 Å². The van der Waals surface area contributed by atoms with Gasteiger partial charge in [-0.3, -0.25) is 19.7 Å². The van der Waals surface area contributed by atoms with E-state index in [1.54, 1.807) is 48.5 Å². The van der Waals surface area contributed by atoms with E-state index in [1.807, 2.05) is 0 Å². The van der Waals surface area contributed by atoms with Crippen LogP contribution in [0, 0.1) is 10.1 Å². The molecular formula is C24H17BrN4O7. The highest BCUT2D eigenvalue weighted by molar-refractivity contribution is 9.10. The molecule has 0 aromatic heterocycles. The molecule has 0 spiro atoms. The number of nitrogens with one attached hydrogen (secondary N) is 2. The molecule has 1 aliphatic heterocycles. The molecule has 1 heterocycles. The van der Waals surface area contributed by atoms with Crippen molar-refractivity contribution in [1.29, 1.82) is 0 Å². The quantitative estimate of drug-likeness (QED) is 0.175. The molecule has 11 nitrogen and oxygen atoms in total. The fourth-order valence-electron chi connectivity index (χ4n) is 3.14. The summed E-state index contributed by atoms with van der Waals surface area (Å²) in [5.41, 5.74) is 2.70. The first kappa shape index (κ1) is 24.4. The number of non-ortho nitro benzene ring substituents is 1. The molecule has 36 heavy (non-hydrogen) atoms. The van der Waals surface area contributed by atoms with Gasteiger partial charge in [-0.05, 0) is 51.8 Å². The van der Waals surface area contributed by atoms with Gasteiger partial charge in [-0.25, -0.2) is 5.43 Å². The molecule has 0 atom stereocenters. The lowest BCUT2D eigenvalue weighted by Crippen LogP contribution is -2.32. The Morgan fingerprint density at radius 1 is 1.08 bits per heavy atom. The standard InChI is InChI=1S/C24H17BrN4O7/c25-18-11-17(29(33)34)10-16(22(18)30)12-26-28-24(32)19(27-23(31)15-4-2-1-3-5-15)8-14-6-7-20-21(9-14)36-13-35-20/h1-12,30H,13H2,(H,27,31)(H,28,32)/b19-8+,26-12+. The van der Waals surface area contributed by atoms with Gasteiger partial charge < -0.3 is 19.9 Å². The van der Waals surface area contributed by atoms with Crippen LogP contribution in [0.1, 0.15) is 21.5 Å². The molecule has 3 aromatic rings. The van der Waals surface area contributed by atoms with Gasteiger partial charge in [0.05, 0.1) is 15.6 Å². The summed E-state index contributed by atoms with van der Waals surface area (Å²) in [7, 11) is 0. The van der Waals surface area contributed by atoms with Crippen molar-refractivity contribution < 1.29 is 29.1 Å². The van der Waals surface area contributed by atoms with Gasteiger partial charge in [0, 0.05) is 23.3 Å². The Bertz CT molecular complexity index is 1410. The minimum absolute atomic E-state index is 0.00834. The number of rotatable bonds is 7. The second-order valence-electron chi connectivity index (χ2n) is 7.31. The van der Waals surface area contributed by atoms with Gasteiger partial charge in [0.15, 0.2) is 11.5 Å². The number of ether oxygens (including phenoxy) is 2. The van der Waals surface area contributed by atoms with E-state index in [4.69, 9.17) is 9.47 Å². The van der Waals surface area contributed by atoms with E-state index >= 15 is 0 Å². The molecule has 3 aromatic carbocycles. The average molecular weight is 553 g/mol. The van der Waals surface area contributed by atoms with Crippen LogP contribution in [-0.4, -0.2) is 34.9 Å². The van der Waals surface area contributed by atoms with Crippen molar-refractivity contribution in [2.75, 3.05) is 6.79 Å². The second kappa shape index (κ2) is 10.7. The van der Waals surface area contributed by atoms with Gasteiger partial charge in [-0.15, -0.1) is 0 Å². The van der Waals surface area contributed by atoms with E-state index < -0.39 is 16.7 Å². The zero-order valence-electron chi connectivity index (χ0n) is 18.3. The second-order valence-corrected chi connectivity index (χ2v) is 8.17. The highest BCUT2D eigenvalue weighted by atomic mass is 79.9. The summed E-state index contributed by atoms with van der Waals surface area (Å²) in [6, 6.07) is 15.5. The zero-order valence-corrected chi connectivity index (χ0v) is 19.9. The Labute approximate surface area is 212 Å². The van der Waals surface area contributed by atoms with Crippen molar-refractivity contribution in [3.8, 4) is 17.2 Å². The van der Waals surface area contributed by atoms with Gasteiger partial charge in [0.2, 0.25) is 6.79 Å². The predicted molar refractivity (Wildman–Crippen MR) is 133 cm³/mol. The van der Waals surface area contributed by atoms with Gasteiger partial charge in [0.1, 0.15) is 11.4 Å². The van der Waals surface area contributed by atoms with Crippen molar-refractivity contribution in [3.63, 3.8) is 0 Å². The van der Waals surface area contributed by atoms with Crippen LogP contribution in [0.2, 0.25) is 0 Å². The van der Waals surface area contributed by atoms with E-state index in [9.17, 15) is 24.8 Å². The SMILES string of the molecule is O=C(N/N=C/c1cc([N+](=O)[O-])cc(Br)c1O)/C(=C\c1ccc2c(c1)OCO2)NC(=O)c1ccccc1. The molecule has 182 valence electrons. The van der Waals surface area contributed by atoms with Crippen LogP contribution in [0.4, 0.5) is 5.69 Å². The molecule has 0 saturated heterocycles. The molecule has 0 aliphatic carbocycles. The number of benzene rings is 3. The van der Waals surface area contributed by atoms with Crippen molar-refractivity contribution >= 4 is 45.7 Å². The summed E-state index contributed by atoms with van der Waals surface area (Å²) in [6.07, 6.45) is 2.47. The molecular weight excluding hydrogens is 536 g/mol. The molecule has 12 heteroatoms. The van der Waals surface area contributed by atoms with Crippen LogP contribution in [0.3, 0.4) is 0 Å². The number of hydrogen-bond acceptors (Lipinski definition) is 8. The number of nitro groups is 1. The minimum Gasteiger partial charge on any atom is -0.506 e. The fourth-order valence-corrected chi connectivity index (χ4v) is 3.61. The maximum atomic E-state index is 12.9. The van der Waals surface area contributed by atoms with E-state index in [0.717, 1.165) is 18.3 Å². The number of hydrogen-bond donors (Lipinski definition) is 3. The van der Waals surface area contributed by atoms with Gasteiger partial charge in [0.25, 0.3) is 17.5 Å². The molecule has 0 saturated carbocycles. The van der Waals surface area contributed by atoms with Crippen LogP contribution in [0.25, 0.3) is 6.08 Å². The summed E-state index contributed by atoms with van der Waals surface area (Å²) in [5, 5.41) is 27.5. The Morgan fingerprint density at radius 2 is 1.83 bits per heavy atom. The normalized spacial score (nSPS) is 12.4. The van der Waals surface area contributed by atoms with E-state index in [2.05, 4.69) is 31.8 Å². The Balaban J connectivity index is 1.59. The molecule has 4 rings (SSSR count). The molecule has 3 N–H and O–H groups in total. The summed E-state index contributed by atoms with van der Waals surface area (Å²) in [5.74, 6) is -0.562. The number of carbonyl (C=O) groups excluding carboxylic acids is 2. The number of carbonyl (C=O) groups is 2. The van der Waals surface area contributed by atoms with Gasteiger partial charge >= 0.3 is 0 Å². The van der Waals surface area contributed by atoms with Crippen molar-refractivity contribution in [3.05, 3.63) is 97.6 Å². The number of hydrazone groups is 1. The van der Waals surface area contributed by atoms with Crippen molar-refractivity contribution in [2.24, 2.45) is 5.10 Å². The topological polar surface area (TPSA) is 152 Å². The summed E-state index contributed by atoms with van der Waals surface area (Å²) in [4.78, 5) is 36.1. The maximum Gasteiger partial charge on any atom is 0.287 e. The van der Waals surface area contributed by atoms with E-state index in [0.29, 0.717) is 22.6 Å². The molecule has 2 amide bonds. The number of amides is 2. The molecule has 0 bridgehead atoms. The first-order valence-corrected chi connectivity index (χ1v) is 11.1. The van der Waals surface area contributed by atoms with E-state index in [-0.39, 0.29) is 34.0 Å². The number of phenols is 1. The number of nitrogens with zero attached hydrogens (tertiary/aromatic N) is 2. The smallest absolute Gasteiger partial charge is 0.287 e. The zero-order chi connectivity index (χ0) is 25.7. The lowest BCUT2D eigenvalue weighted by Gasteiger charge is -2.09. The number of halogens is 1. The molecule has 0 radical (unpaired) electrons. The van der Waals surface area contributed by atoms with Gasteiger partial charge in [-0.1, -0.05) is 24.3 Å². The van der Waals surface area contributed by atoms with Crippen molar-refractivity contribution in [1.82, 2.24) is 10.7 Å². The van der Waals surface area contributed by atoms with Crippen LogP contribution in [-0.2, 0) is 4.79 Å². The molecule has 0 unspecified atom stereocenters. The third-order valence-corrected chi connectivity index (χ3v) is 5.50. The highest BCUT2D eigenvalue weighted by Crippen LogP contribution is 2.33. The minimum atomic E-state index is -0.780. The fraction of sp³-hybridized carbons (Fsp3) is 0.0417. The first-order valence-electron chi connectivity index (χ1n) is 10.3. The third-order valence-electron chi connectivity index (χ3n) is 4.89. The third kappa shape index (κ3) is 5.67. The number of nitro benzene ring substituents is 1. The van der Waals surface area contributed by atoms with Crippen LogP contribution in [0.15, 0.2) is 75.9 Å². The van der Waals surface area contributed by atoms with Crippen LogP contribution >= 0.6 is 15.9 Å². The summed E-state index contributed by atoms with van der Waals surface area (Å²) >= 11 is 3.04. The maximum absolute atomic E-state index is 12.9. The first-order chi connectivity index (χ1) is 17.3. The lowest BCUT2D eigenvalue weighted by atomic mass is 10.1. The van der Waals surface area contributed by atoms with Crippen LogP contribution < -0.4 is 20.2 Å². The molecule has 0 fully saturated rings. The molecule has 1 aliphatic rings. The monoisotopic (exact) mass is 552 g/mol. The van der Waals surface area contributed by atoms with Gasteiger partial charge in [-0.2, -0.15) is 5.10 Å². The van der Waals surface area contributed by atoms with E-state index in [1.165, 1.54) is 6.08 Å². The Morgan fingerprint density at radius 3 is 2.58 bits per heavy atom. The Kier molecular flexibility index (Phi) is 7.25. The highest BCUT2D eigenvalue weighted by Gasteiger charge is 2.17. The largest absolute Gasteiger partial charge is 0.506 e. The summed E-state index contributed by atoms with van der Waals surface area (Å²) < 4.78 is 10.7.